The average Bonchev–Trinajstić information content (AvgIpc) is 3.00. The quantitative estimate of drug-likeness (QED) is 0.153. The van der Waals surface area contributed by atoms with Gasteiger partial charge in [-0.25, -0.2) is 39.1 Å². The van der Waals surface area contributed by atoms with E-state index in [2.05, 4.69) is 6.58 Å². The molecule has 0 bridgehead atoms. The predicted octanol–water partition coefficient (Wildman–Crippen LogP) is 7.12. The Kier molecular flexibility index (Phi) is 11.9. The van der Waals surface area contributed by atoms with Gasteiger partial charge in [-0.3, -0.25) is 4.79 Å². The number of carbonyl (C=O) groups is 1. The highest BCUT2D eigenvalue weighted by molar-refractivity contribution is 8.03. The van der Waals surface area contributed by atoms with Crippen LogP contribution in [0.15, 0.2) is 121 Å². The fraction of sp³-hybridized carbons (Fsp3) is 0. The lowest BCUT2D eigenvalue weighted by molar-refractivity contribution is -0.114. The summed E-state index contributed by atoms with van der Waals surface area (Å²) in [6.07, 6.45) is 4.96. The maximum atomic E-state index is 12.8. The first-order chi connectivity index (χ1) is 21.2. The minimum Gasteiger partial charge on any atom is -0.269 e. The first-order valence-electron chi connectivity index (χ1n) is 12.8. The van der Waals surface area contributed by atoms with E-state index < -0.39 is 49.0 Å². The second-order valence-corrected chi connectivity index (χ2v) is 12.5. The Morgan fingerprint density at radius 1 is 0.556 bits per heavy atom. The summed E-state index contributed by atoms with van der Waals surface area (Å²) in [4.78, 5) is 11.5. The maximum Gasteiger partial charge on any atom is 0.257 e. The van der Waals surface area contributed by atoms with Gasteiger partial charge in [0.2, 0.25) is 0 Å². The van der Waals surface area contributed by atoms with E-state index in [0.29, 0.717) is 22.3 Å². The first kappa shape index (κ1) is 34.4. The van der Waals surface area contributed by atoms with Gasteiger partial charge in [-0.1, -0.05) is 55.1 Å². The van der Waals surface area contributed by atoms with Crippen LogP contribution in [0.2, 0.25) is 0 Å². The van der Waals surface area contributed by atoms with E-state index in [-0.39, 0.29) is 4.91 Å². The summed E-state index contributed by atoms with van der Waals surface area (Å²) in [5.74, 6) is -2.54. The molecule has 1 N–H and O–H groups in total. The summed E-state index contributed by atoms with van der Waals surface area (Å²) in [5.41, 5.74) is 1.88. The van der Waals surface area contributed by atoms with Crippen LogP contribution in [0, 0.1) is 23.3 Å². The highest BCUT2D eigenvalue weighted by Gasteiger charge is 2.14. The van der Waals surface area contributed by atoms with E-state index in [1.165, 1.54) is 115 Å². The van der Waals surface area contributed by atoms with E-state index in [4.69, 9.17) is 0 Å². The van der Waals surface area contributed by atoms with Gasteiger partial charge in [-0.2, -0.15) is 0 Å². The topological polar surface area (TPSA) is 97.4 Å². The van der Waals surface area contributed by atoms with Crippen LogP contribution in [-0.2, 0) is 24.7 Å². The number of hydrogen-bond donors (Lipinski definition) is 1. The second-order valence-electron chi connectivity index (χ2n) is 9.08. The predicted molar refractivity (Wildman–Crippen MR) is 168 cm³/mol. The van der Waals surface area contributed by atoms with Crippen LogP contribution in [-0.4, -0.2) is 22.7 Å². The Balaban J connectivity index is 0.000000248. The number of carbonyl (C=O) groups excluding carboxylic acids is 1. The number of nitrogens with one attached hydrogen (secondary N) is 1. The van der Waals surface area contributed by atoms with Gasteiger partial charge >= 0.3 is 0 Å². The van der Waals surface area contributed by atoms with Gasteiger partial charge in [0, 0.05) is 11.5 Å². The summed E-state index contributed by atoms with van der Waals surface area (Å²) in [5, 5.41) is 1.80. The largest absolute Gasteiger partial charge is 0.269 e. The van der Waals surface area contributed by atoms with Gasteiger partial charge in [0.1, 0.15) is 23.3 Å². The SMILES string of the molecule is C=C(c1ccc(F)cc1)S(=O)(=O)C=Cc1ccc(F)cc1.O=C(/C=C/c1ccc(F)cc1)NS(=O)(=O)/C=C/c1ccc(F)cc1. The summed E-state index contributed by atoms with van der Waals surface area (Å²) in [6.45, 7) is 3.53. The Morgan fingerprint density at radius 2 is 0.911 bits per heavy atom. The van der Waals surface area contributed by atoms with Gasteiger partial charge < -0.3 is 0 Å². The molecule has 0 spiro atoms. The molecule has 0 aliphatic heterocycles. The molecule has 6 nitrogen and oxygen atoms in total. The highest BCUT2D eigenvalue weighted by Crippen LogP contribution is 2.22. The van der Waals surface area contributed by atoms with Crippen molar-refractivity contribution in [2.24, 2.45) is 0 Å². The van der Waals surface area contributed by atoms with E-state index in [9.17, 15) is 39.2 Å². The third kappa shape index (κ3) is 11.9. The number of halogens is 4. The Hall–Kier alpha value is -5.07. The molecular formula is C33H25F4NO5S2. The number of sulfone groups is 1. The van der Waals surface area contributed by atoms with Crippen LogP contribution in [0.4, 0.5) is 17.6 Å². The zero-order chi connectivity index (χ0) is 33.0. The molecule has 0 atom stereocenters. The molecule has 12 heteroatoms. The minimum atomic E-state index is -3.99. The van der Waals surface area contributed by atoms with Crippen molar-refractivity contribution < 1.29 is 39.2 Å². The molecule has 0 unspecified atom stereocenters. The van der Waals surface area contributed by atoms with Crippen molar-refractivity contribution in [3.8, 4) is 0 Å². The van der Waals surface area contributed by atoms with Gasteiger partial charge in [0.25, 0.3) is 15.9 Å². The molecule has 1 amide bonds. The molecule has 0 saturated carbocycles. The third-order valence-corrected chi connectivity index (χ3v) is 8.07. The Bertz CT molecular complexity index is 1940. The van der Waals surface area contributed by atoms with Gasteiger partial charge in [0.05, 0.1) is 10.3 Å². The lowest BCUT2D eigenvalue weighted by Crippen LogP contribution is -2.26. The molecule has 0 aliphatic rings. The van der Waals surface area contributed by atoms with Crippen molar-refractivity contribution in [3.05, 3.63) is 166 Å². The van der Waals surface area contributed by atoms with Gasteiger partial charge in [-0.15, -0.1) is 0 Å². The summed E-state index contributed by atoms with van der Waals surface area (Å²) >= 11 is 0. The van der Waals surface area contributed by atoms with Crippen LogP contribution in [0.3, 0.4) is 0 Å². The van der Waals surface area contributed by atoms with Crippen LogP contribution in [0.1, 0.15) is 22.3 Å². The van der Waals surface area contributed by atoms with E-state index in [0.717, 1.165) is 16.9 Å². The van der Waals surface area contributed by atoms with Gasteiger partial charge in [-0.05, 0) is 89.0 Å². The summed E-state index contributed by atoms with van der Waals surface area (Å²) in [6, 6.07) is 20.9. The number of benzene rings is 4. The van der Waals surface area contributed by atoms with E-state index >= 15 is 0 Å². The molecule has 0 saturated heterocycles. The third-order valence-electron chi connectivity index (χ3n) is 5.67. The molecule has 4 rings (SSSR count). The molecule has 45 heavy (non-hydrogen) atoms. The molecule has 0 aliphatic carbocycles. The molecule has 4 aromatic carbocycles. The van der Waals surface area contributed by atoms with E-state index in [1.54, 1.807) is 0 Å². The molecular weight excluding hydrogens is 630 g/mol. The van der Waals surface area contributed by atoms with Gasteiger partial charge in [0.15, 0.2) is 9.84 Å². The van der Waals surface area contributed by atoms with Crippen molar-refractivity contribution in [3.63, 3.8) is 0 Å². The lowest BCUT2D eigenvalue weighted by Gasteiger charge is -2.04. The second kappa shape index (κ2) is 15.6. The van der Waals surface area contributed by atoms with Crippen molar-refractivity contribution in [2.45, 2.75) is 0 Å². The number of hydrogen-bond acceptors (Lipinski definition) is 5. The maximum absolute atomic E-state index is 12.8. The zero-order valence-electron chi connectivity index (χ0n) is 23.3. The number of sulfonamides is 1. The summed E-state index contributed by atoms with van der Waals surface area (Å²) < 4.78 is 101. The average molecular weight is 656 g/mol. The van der Waals surface area contributed by atoms with Crippen molar-refractivity contribution in [1.29, 1.82) is 0 Å². The monoisotopic (exact) mass is 655 g/mol. The van der Waals surface area contributed by atoms with E-state index in [1.807, 2.05) is 4.72 Å². The van der Waals surface area contributed by atoms with Crippen LogP contribution >= 0.6 is 0 Å². The van der Waals surface area contributed by atoms with Crippen molar-refractivity contribution in [1.82, 2.24) is 4.72 Å². The molecule has 0 heterocycles. The molecule has 0 fully saturated rings. The molecule has 0 radical (unpaired) electrons. The first-order valence-corrected chi connectivity index (χ1v) is 15.9. The molecule has 0 aromatic heterocycles. The van der Waals surface area contributed by atoms with Crippen molar-refractivity contribution >= 4 is 48.9 Å². The lowest BCUT2D eigenvalue weighted by atomic mass is 10.2. The smallest absolute Gasteiger partial charge is 0.257 e. The number of rotatable bonds is 9. The molecule has 4 aromatic rings. The summed E-state index contributed by atoms with van der Waals surface area (Å²) in [7, 11) is -7.71. The fourth-order valence-electron chi connectivity index (χ4n) is 3.32. The van der Waals surface area contributed by atoms with Crippen LogP contribution in [0.25, 0.3) is 23.1 Å². The normalized spacial score (nSPS) is 11.8. The Labute approximate surface area is 258 Å². The van der Waals surface area contributed by atoms with Crippen LogP contribution in [0.5, 0.6) is 0 Å². The fourth-order valence-corrected chi connectivity index (χ4v) is 5.04. The number of amides is 1. The Morgan fingerprint density at radius 3 is 1.33 bits per heavy atom. The minimum absolute atomic E-state index is 0.124. The highest BCUT2D eigenvalue weighted by atomic mass is 32.2. The standard InChI is InChI=1S/C17H13F2NO3S.C16H12F2O2S/c18-15-6-1-13(2-7-15)5-10-17(21)20-24(22,23)12-11-14-3-8-16(19)9-4-14;1-12(14-4-8-16(18)9-5-14)21(19,20)11-10-13-2-6-15(17)7-3-13/h1-12H,(H,20,21);2-11H,1H2/b10-5+,12-11+;. The van der Waals surface area contributed by atoms with Crippen molar-refractivity contribution in [2.75, 3.05) is 0 Å². The molecule has 232 valence electrons. The zero-order valence-corrected chi connectivity index (χ0v) is 24.9. The van der Waals surface area contributed by atoms with Crippen LogP contribution < -0.4 is 4.72 Å².